The van der Waals surface area contributed by atoms with E-state index in [0.29, 0.717) is 29.7 Å². The molecule has 3 aromatic rings. The number of likely N-dealkylation sites (N-methyl/N-ethyl adjacent to an activating group) is 1. The van der Waals surface area contributed by atoms with E-state index < -0.39 is 0 Å². The molecular weight excluding hydrogens is 307 g/mol. The summed E-state index contributed by atoms with van der Waals surface area (Å²) in [5.41, 5.74) is 2.04. The van der Waals surface area contributed by atoms with Crippen LogP contribution in [-0.2, 0) is 0 Å². The molecule has 2 aromatic carbocycles. The van der Waals surface area contributed by atoms with Crippen LogP contribution >= 0.6 is 0 Å². The fraction of sp³-hybridized carbons (Fsp3) is 0.211. The topological polar surface area (TPSA) is 45.3 Å². The number of aryl methyl sites for hydroxylation is 1. The van der Waals surface area contributed by atoms with Gasteiger partial charge in [-0.15, -0.1) is 0 Å². The van der Waals surface area contributed by atoms with Crippen molar-refractivity contribution in [1.82, 2.24) is 9.88 Å². The van der Waals surface area contributed by atoms with Crippen LogP contribution in [0.2, 0.25) is 0 Å². The lowest BCUT2D eigenvalue weighted by atomic mass is 10.2. The number of aromatic amines is 1. The molecule has 0 spiro atoms. The van der Waals surface area contributed by atoms with Gasteiger partial charge in [-0.2, -0.15) is 0 Å². The van der Waals surface area contributed by atoms with Gasteiger partial charge in [-0.05, 0) is 36.8 Å². The van der Waals surface area contributed by atoms with E-state index >= 15 is 0 Å². The number of carbonyl (C=O) groups is 1. The first kappa shape index (κ1) is 16.1. The van der Waals surface area contributed by atoms with E-state index in [0.717, 1.165) is 11.3 Å². The number of nitrogens with zero attached hydrogens (tertiary/aromatic N) is 1. The number of hydrogen-bond donors (Lipinski definition) is 1. The SMILES string of the molecule is Cc1ccccc1OCCN(C)C(=O)c1cc2c(F)cccc2[nH]1. The first-order valence-electron chi connectivity index (χ1n) is 7.77. The van der Waals surface area contributed by atoms with Gasteiger partial charge in [0.2, 0.25) is 0 Å². The predicted molar refractivity (Wildman–Crippen MR) is 91.9 cm³/mol. The van der Waals surface area contributed by atoms with Gasteiger partial charge in [0.1, 0.15) is 23.9 Å². The predicted octanol–water partition coefficient (Wildman–Crippen LogP) is 3.77. The molecule has 3 rings (SSSR count). The molecule has 0 radical (unpaired) electrons. The highest BCUT2D eigenvalue weighted by Gasteiger charge is 2.15. The van der Waals surface area contributed by atoms with E-state index in [1.165, 1.54) is 6.07 Å². The van der Waals surface area contributed by atoms with Gasteiger partial charge in [0, 0.05) is 18.0 Å². The Bertz CT molecular complexity index is 873. The fourth-order valence-electron chi connectivity index (χ4n) is 2.55. The molecule has 1 heterocycles. The average molecular weight is 326 g/mol. The lowest BCUT2D eigenvalue weighted by molar-refractivity contribution is 0.0769. The highest BCUT2D eigenvalue weighted by atomic mass is 19.1. The Morgan fingerprint density at radius 3 is 2.75 bits per heavy atom. The van der Waals surface area contributed by atoms with Crippen molar-refractivity contribution < 1.29 is 13.9 Å². The molecule has 1 aromatic heterocycles. The summed E-state index contributed by atoms with van der Waals surface area (Å²) in [4.78, 5) is 17.0. The molecule has 1 N–H and O–H groups in total. The van der Waals surface area contributed by atoms with E-state index in [-0.39, 0.29) is 11.7 Å². The Morgan fingerprint density at radius 1 is 1.21 bits per heavy atom. The summed E-state index contributed by atoms with van der Waals surface area (Å²) >= 11 is 0. The van der Waals surface area contributed by atoms with E-state index in [1.54, 1.807) is 30.1 Å². The van der Waals surface area contributed by atoms with Gasteiger partial charge < -0.3 is 14.6 Å². The normalized spacial score (nSPS) is 10.8. The third-order valence-corrected chi connectivity index (χ3v) is 3.97. The molecule has 0 saturated heterocycles. The number of ether oxygens (including phenoxy) is 1. The number of carbonyl (C=O) groups excluding carboxylic acids is 1. The third kappa shape index (κ3) is 3.25. The minimum Gasteiger partial charge on any atom is -0.491 e. The Labute approximate surface area is 139 Å². The van der Waals surface area contributed by atoms with Crippen LogP contribution in [0.25, 0.3) is 10.9 Å². The molecule has 0 saturated carbocycles. The quantitative estimate of drug-likeness (QED) is 0.776. The lowest BCUT2D eigenvalue weighted by Crippen LogP contribution is -2.31. The van der Waals surface area contributed by atoms with E-state index in [4.69, 9.17) is 4.74 Å². The van der Waals surface area contributed by atoms with E-state index in [2.05, 4.69) is 4.98 Å². The van der Waals surface area contributed by atoms with Gasteiger partial charge in [0.15, 0.2) is 0 Å². The van der Waals surface area contributed by atoms with Gasteiger partial charge in [0.05, 0.1) is 6.54 Å². The van der Waals surface area contributed by atoms with Crippen molar-refractivity contribution in [3.8, 4) is 5.75 Å². The summed E-state index contributed by atoms with van der Waals surface area (Å²) < 4.78 is 19.4. The van der Waals surface area contributed by atoms with Crippen LogP contribution in [0.3, 0.4) is 0 Å². The molecule has 0 atom stereocenters. The largest absolute Gasteiger partial charge is 0.491 e. The highest BCUT2D eigenvalue weighted by molar-refractivity contribution is 5.98. The van der Waals surface area contributed by atoms with Crippen molar-refractivity contribution >= 4 is 16.8 Å². The monoisotopic (exact) mass is 326 g/mol. The molecule has 0 fully saturated rings. The smallest absolute Gasteiger partial charge is 0.270 e. The first-order valence-corrected chi connectivity index (χ1v) is 7.77. The number of benzene rings is 2. The van der Waals surface area contributed by atoms with Gasteiger partial charge in [0.25, 0.3) is 5.91 Å². The Balaban J connectivity index is 1.63. The number of aromatic nitrogens is 1. The van der Waals surface area contributed by atoms with Gasteiger partial charge in [-0.25, -0.2) is 4.39 Å². The Morgan fingerprint density at radius 2 is 2.00 bits per heavy atom. The van der Waals surface area contributed by atoms with Gasteiger partial charge in [-0.3, -0.25) is 4.79 Å². The Hall–Kier alpha value is -2.82. The standard InChI is InChI=1S/C19H19FN2O2/c1-13-6-3-4-9-18(13)24-11-10-22(2)19(23)17-12-14-15(20)7-5-8-16(14)21-17/h3-9,12,21H,10-11H2,1-2H3. The lowest BCUT2D eigenvalue weighted by Gasteiger charge is -2.17. The van der Waals surface area contributed by atoms with Crippen molar-refractivity contribution in [2.24, 2.45) is 0 Å². The zero-order valence-corrected chi connectivity index (χ0v) is 13.7. The van der Waals surface area contributed by atoms with Crippen molar-refractivity contribution in [1.29, 1.82) is 0 Å². The van der Waals surface area contributed by atoms with Gasteiger partial charge in [-0.1, -0.05) is 24.3 Å². The zero-order valence-electron chi connectivity index (χ0n) is 13.7. The summed E-state index contributed by atoms with van der Waals surface area (Å²) in [7, 11) is 1.70. The average Bonchev–Trinajstić information content (AvgIpc) is 3.01. The molecule has 0 aliphatic rings. The summed E-state index contributed by atoms with van der Waals surface area (Å²) in [6.07, 6.45) is 0. The molecular formula is C19H19FN2O2. The number of hydrogen-bond acceptors (Lipinski definition) is 2. The second-order valence-corrected chi connectivity index (χ2v) is 5.72. The molecule has 24 heavy (non-hydrogen) atoms. The molecule has 0 unspecified atom stereocenters. The fourth-order valence-corrected chi connectivity index (χ4v) is 2.55. The van der Waals surface area contributed by atoms with Crippen LogP contribution in [0.5, 0.6) is 5.75 Å². The van der Waals surface area contributed by atoms with Crippen LogP contribution in [0.1, 0.15) is 16.1 Å². The first-order chi connectivity index (χ1) is 11.6. The molecule has 1 amide bonds. The molecule has 4 nitrogen and oxygen atoms in total. The summed E-state index contributed by atoms with van der Waals surface area (Å²) in [6.45, 7) is 2.80. The zero-order chi connectivity index (χ0) is 17.1. The van der Waals surface area contributed by atoms with Crippen LogP contribution < -0.4 is 4.74 Å². The maximum Gasteiger partial charge on any atom is 0.270 e. The van der Waals surface area contributed by atoms with Crippen LogP contribution in [0, 0.1) is 12.7 Å². The maximum absolute atomic E-state index is 13.7. The molecule has 5 heteroatoms. The van der Waals surface area contributed by atoms with Crippen LogP contribution in [0.15, 0.2) is 48.5 Å². The minimum atomic E-state index is -0.340. The second kappa shape index (κ2) is 6.74. The summed E-state index contributed by atoms with van der Waals surface area (Å²) in [5.74, 6) is 0.276. The molecule has 0 aliphatic carbocycles. The maximum atomic E-state index is 13.7. The number of rotatable bonds is 5. The van der Waals surface area contributed by atoms with E-state index in [1.807, 2.05) is 31.2 Å². The number of nitrogens with one attached hydrogen (secondary N) is 1. The molecule has 0 bridgehead atoms. The third-order valence-electron chi connectivity index (χ3n) is 3.97. The number of H-pyrrole nitrogens is 1. The number of fused-ring (bicyclic) bond motifs is 1. The van der Waals surface area contributed by atoms with Crippen molar-refractivity contribution in [3.63, 3.8) is 0 Å². The van der Waals surface area contributed by atoms with Crippen molar-refractivity contribution in [2.45, 2.75) is 6.92 Å². The molecule has 0 aliphatic heterocycles. The summed E-state index contributed by atoms with van der Waals surface area (Å²) in [5, 5.41) is 0.422. The van der Waals surface area contributed by atoms with E-state index in [9.17, 15) is 9.18 Å². The van der Waals surface area contributed by atoms with Crippen molar-refractivity contribution in [2.75, 3.05) is 20.2 Å². The Kier molecular flexibility index (Phi) is 4.51. The number of para-hydroxylation sites is 1. The second-order valence-electron chi connectivity index (χ2n) is 5.72. The number of amides is 1. The van der Waals surface area contributed by atoms with Crippen LogP contribution in [0.4, 0.5) is 4.39 Å². The van der Waals surface area contributed by atoms with Crippen LogP contribution in [-0.4, -0.2) is 36.0 Å². The van der Waals surface area contributed by atoms with Crippen molar-refractivity contribution in [3.05, 3.63) is 65.6 Å². The summed E-state index contributed by atoms with van der Waals surface area (Å²) in [6, 6.07) is 14.0. The molecule has 124 valence electrons. The highest BCUT2D eigenvalue weighted by Crippen LogP contribution is 2.19. The minimum absolute atomic E-state index is 0.195. The van der Waals surface area contributed by atoms with Gasteiger partial charge >= 0.3 is 0 Å². The number of halogens is 1.